The molecule has 0 aliphatic heterocycles. The van der Waals surface area contributed by atoms with Gasteiger partial charge in [0.05, 0.1) is 32.3 Å². The molecule has 7 nitrogen and oxygen atoms in total. The third-order valence-corrected chi connectivity index (χ3v) is 5.60. The van der Waals surface area contributed by atoms with Gasteiger partial charge in [0, 0.05) is 17.7 Å². The highest BCUT2D eigenvalue weighted by atomic mass is 32.2. The molecule has 8 heteroatoms. The predicted molar refractivity (Wildman–Crippen MR) is 107 cm³/mol. The first-order valence-electron chi connectivity index (χ1n) is 9.00. The van der Waals surface area contributed by atoms with Crippen molar-refractivity contribution in [2.45, 2.75) is 31.7 Å². The van der Waals surface area contributed by atoms with E-state index in [4.69, 9.17) is 18.9 Å². The Labute approximate surface area is 166 Å². The summed E-state index contributed by atoms with van der Waals surface area (Å²) >= 11 is 0. The maximum absolute atomic E-state index is 12.9. The first-order chi connectivity index (χ1) is 13.4. The Hall–Kier alpha value is -2.45. The topological polar surface area (TPSA) is 83.1 Å². The lowest BCUT2D eigenvalue weighted by Gasteiger charge is -2.19. The van der Waals surface area contributed by atoms with E-state index >= 15 is 0 Å². The number of rotatable bonds is 10. The minimum atomic E-state index is -3.81. The lowest BCUT2D eigenvalue weighted by Crippen LogP contribution is -2.27. The first-order valence-corrected chi connectivity index (χ1v) is 10.5. The molecule has 2 rings (SSSR count). The molecular weight excluding hydrogens is 382 g/mol. The van der Waals surface area contributed by atoms with Crippen LogP contribution in [0.1, 0.15) is 32.4 Å². The van der Waals surface area contributed by atoms with Crippen LogP contribution in [0, 0.1) is 0 Å². The third-order valence-electron chi connectivity index (χ3n) is 4.06. The van der Waals surface area contributed by atoms with Gasteiger partial charge in [-0.1, -0.05) is 0 Å². The summed E-state index contributed by atoms with van der Waals surface area (Å²) in [5, 5.41) is 0. The normalized spacial score (nSPS) is 12.3. The second-order valence-electron chi connectivity index (χ2n) is 5.93. The molecule has 0 bridgehead atoms. The van der Waals surface area contributed by atoms with E-state index in [9.17, 15) is 8.42 Å². The Bertz CT molecular complexity index is 898. The Morgan fingerprint density at radius 2 is 1.54 bits per heavy atom. The molecule has 0 heterocycles. The van der Waals surface area contributed by atoms with Crippen LogP contribution in [0.2, 0.25) is 0 Å². The van der Waals surface area contributed by atoms with Crippen LogP contribution in [0.15, 0.2) is 41.3 Å². The van der Waals surface area contributed by atoms with Crippen molar-refractivity contribution in [3.63, 3.8) is 0 Å². The summed E-state index contributed by atoms with van der Waals surface area (Å²) in [6.45, 7) is 6.27. The molecule has 1 unspecified atom stereocenters. The van der Waals surface area contributed by atoms with Crippen LogP contribution >= 0.6 is 0 Å². The van der Waals surface area contributed by atoms with E-state index in [1.54, 1.807) is 38.3 Å². The van der Waals surface area contributed by atoms with Crippen molar-refractivity contribution in [2.75, 3.05) is 27.4 Å². The van der Waals surface area contributed by atoms with Gasteiger partial charge in [-0.25, -0.2) is 13.1 Å². The summed E-state index contributed by atoms with van der Waals surface area (Å²) in [4.78, 5) is 0.0908. The molecule has 0 aliphatic carbocycles. The fourth-order valence-corrected chi connectivity index (χ4v) is 3.98. The molecule has 1 atom stereocenters. The van der Waals surface area contributed by atoms with Crippen molar-refractivity contribution in [1.82, 2.24) is 4.72 Å². The molecule has 0 amide bonds. The van der Waals surface area contributed by atoms with Gasteiger partial charge in [0.2, 0.25) is 10.0 Å². The third kappa shape index (κ3) is 5.08. The first kappa shape index (κ1) is 21.8. The van der Waals surface area contributed by atoms with Crippen molar-refractivity contribution < 1.29 is 27.4 Å². The van der Waals surface area contributed by atoms with E-state index in [0.29, 0.717) is 41.8 Å². The summed E-state index contributed by atoms with van der Waals surface area (Å²) in [6.07, 6.45) is 0. The molecule has 0 saturated carbocycles. The number of hydrogen-bond donors (Lipinski definition) is 1. The van der Waals surface area contributed by atoms with Gasteiger partial charge < -0.3 is 18.9 Å². The minimum Gasteiger partial charge on any atom is -0.497 e. The van der Waals surface area contributed by atoms with E-state index in [1.165, 1.54) is 19.2 Å². The minimum absolute atomic E-state index is 0.0908. The van der Waals surface area contributed by atoms with Gasteiger partial charge in [-0.05, 0) is 51.1 Å². The molecule has 0 spiro atoms. The van der Waals surface area contributed by atoms with Gasteiger partial charge in [0.25, 0.3) is 0 Å². The highest BCUT2D eigenvalue weighted by Gasteiger charge is 2.22. The molecule has 154 valence electrons. The zero-order valence-electron chi connectivity index (χ0n) is 16.8. The maximum atomic E-state index is 12.9. The maximum Gasteiger partial charge on any atom is 0.241 e. The fourth-order valence-electron chi connectivity index (χ4n) is 2.74. The highest BCUT2D eigenvalue weighted by Crippen LogP contribution is 2.33. The molecular formula is C20H27NO6S. The quantitative estimate of drug-likeness (QED) is 0.646. The van der Waals surface area contributed by atoms with Gasteiger partial charge >= 0.3 is 0 Å². The van der Waals surface area contributed by atoms with Gasteiger partial charge in [-0.15, -0.1) is 0 Å². The summed E-state index contributed by atoms with van der Waals surface area (Å²) in [5.41, 5.74) is 0.668. The van der Waals surface area contributed by atoms with Crippen LogP contribution in [0.5, 0.6) is 23.0 Å². The molecule has 2 aromatic rings. The van der Waals surface area contributed by atoms with Crippen LogP contribution in [0.25, 0.3) is 0 Å². The lowest BCUT2D eigenvalue weighted by molar-refractivity contribution is 0.287. The van der Waals surface area contributed by atoms with Gasteiger partial charge in [-0.3, -0.25) is 0 Å². The number of ether oxygens (including phenoxy) is 4. The Kier molecular flexibility index (Phi) is 7.53. The summed E-state index contributed by atoms with van der Waals surface area (Å²) in [5.74, 6) is 2.07. The SMILES string of the molecule is CCOc1ccc(S(=O)(=O)NC(C)c2cc(OC)ccc2OC)cc1OCC. The number of nitrogens with one attached hydrogen (secondary N) is 1. The average molecular weight is 410 g/mol. The zero-order chi connectivity index (χ0) is 20.7. The van der Waals surface area contributed by atoms with Crippen molar-refractivity contribution in [3.05, 3.63) is 42.0 Å². The van der Waals surface area contributed by atoms with E-state index < -0.39 is 16.1 Å². The van der Waals surface area contributed by atoms with Crippen LogP contribution < -0.4 is 23.7 Å². The number of benzene rings is 2. The fraction of sp³-hybridized carbons (Fsp3) is 0.400. The molecule has 2 aromatic carbocycles. The molecule has 0 saturated heterocycles. The van der Waals surface area contributed by atoms with E-state index in [1.807, 2.05) is 13.8 Å². The lowest BCUT2D eigenvalue weighted by atomic mass is 10.1. The predicted octanol–water partition coefficient (Wildman–Crippen LogP) is 3.54. The molecule has 0 radical (unpaired) electrons. The van der Waals surface area contributed by atoms with Crippen molar-refractivity contribution in [3.8, 4) is 23.0 Å². The number of hydrogen-bond acceptors (Lipinski definition) is 6. The van der Waals surface area contributed by atoms with E-state index in [-0.39, 0.29) is 4.90 Å². The van der Waals surface area contributed by atoms with Crippen molar-refractivity contribution in [1.29, 1.82) is 0 Å². The smallest absolute Gasteiger partial charge is 0.241 e. The molecule has 28 heavy (non-hydrogen) atoms. The van der Waals surface area contributed by atoms with Crippen LogP contribution in [-0.4, -0.2) is 35.9 Å². The number of methoxy groups -OCH3 is 2. The summed E-state index contributed by atoms with van der Waals surface area (Å²) in [6, 6.07) is 9.25. The van der Waals surface area contributed by atoms with Crippen LogP contribution in [-0.2, 0) is 10.0 Å². The Morgan fingerprint density at radius 3 is 2.14 bits per heavy atom. The van der Waals surface area contributed by atoms with Crippen molar-refractivity contribution >= 4 is 10.0 Å². The second-order valence-corrected chi connectivity index (χ2v) is 7.64. The van der Waals surface area contributed by atoms with E-state index in [0.717, 1.165) is 0 Å². The largest absolute Gasteiger partial charge is 0.497 e. The zero-order valence-corrected chi connectivity index (χ0v) is 17.6. The highest BCUT2D eigenvalue weighted by molar-refractivity contribution is 7.89. The summed E-state index contributed by atoms with van der Waals surface area (Å²) < 4.78 is 50.1. The van der Waals surface area contributed by atoms with Gasteiger partial charge in [0.1, 0.15) is 11.5 Å². The van der Waals surface area contributed by atoms with E-state index in [2.05, 4.69) is 4.72 Å². The van der Waals surface area contributed by atoms with Gasteiger partial charge in [-0.2, -0.15) is 0 Å². The number of sulfonamides is 1. The van der Waals surface area contributed by atoms with Gasteiger partial charge in [0.15, 0.2) is 11.5 Å². The second kappa shape index (κ2) is 9.66. The van der Waals surface area contributed by atoms with Crippen LogP contribution in [0.4, 0.5) is 0 Å². The average Bonchev–Trinajstić information content (AvgIpc) is 2.68. The molecule has 0 fully saturated rings. The Morgan fingerprint density at radius 1 is 0.893 bits per heavy atom. The molecule has 0 aliphatic rings. The Balaban J connectivity index is 2.34. The standard InChI is InChI=1S/C20H27NO6S/c1-6-26-19-11-9-16(13-20(19)27-7-2)28(22,23)21-14(3)17-12-15(24-4)8-10-18(17)25-5/h8-14,21H,6-7H2,1-5H3. The monoisotopic (exact) mass is 409 g/mol. The molecule has 0 aromatic heterocycles. The summed E-state index contributed by atoms with van der Waals surface area (Å²) in [7, 11) is -0.720. The molecule has 1 N–H and O–H groups in total. The van der Waals surface area contributed by atoms with Crippen LogP contribution in [0.3, 0.4) is 0 Å². The van der Waals surface area contributed by atoms with Crippen molar-refractivity contribution in [2.24, 2.45) is 0 Å².